The maximum Gasteiger partial charge on any atom is 0.416 e. The van der Waals surface area contributed by atoms with E-state index in [0.29, 0.717) is 51.8 Å². The molecular formula is C27H23F3N4O4S. The summed E-state index contributed by atoms with van der Waals surface area (Å²) in [5, 5.41) is 24.6. The number of benzene rings is 1. The smallest absolute Gasteiger partial charge is 0.416 e. The third-order valence-corrected chi connectivity index (χ3v) is 7.70. The van der Waals surface area contributed by atoms with Crippen LogP contribution >= 0.6 is 11.3 Å². The Morgan fingerprint density at radius 1 is 1.15 bits per heavy atom. The van der Waals surface area contributed by atoms with Crippen molar-refractivity contribution in [3.63, 3.8) is 0 Å². The summed E-state index contributed by atoms with van der Waals surface area (Å²) >= 11 is 1.24. The Morgan fingerprint density at radius 3 is 2.67 bits per heavy atom. The second kappa shape index (κ2) is 9.93. The molecule has 0 bridgehead atoms. The molecule has 202 valence electrons. The van der Waals surface area contributed by atoms with Crippen molar-refractivity contribution < 1.29 is 32.9 Å². The monoisotopic (exact) mass is 556 g/mol. The first-order chi connectivity index (χ1) is 18.5. The summed E-state index contributed by atoms with van der Waals surface area (Å²) in [4.78, 5) is 25.3. The van der Waals surface area contributed by atoms with E-state index < -0.39 is 23.3 Å². The van der Waals surface area contributed by atoms with Crippen LogP contribution in [0, 0.1) is 6.92 Å². The molecular weight excluding hydrogens is 533 g/mol. The minimum atomic E-state index is -4.50. The zero-order valence-corrected chi connectivity index (χ0v) is 21.7. The van der Waals surface area contributed by atoms with Gasteiger partial charge in [-0.3, -0.25) is 0 Å². The molecule has 3 N–H and O–H groups in total. The third kappa shape index (κ3) is 5.04. The summed E-state index contributed by atoms with van der Waals surface area (Å²) in [5.74, 6) is -0.578. The second-order valence-electron chi connectivity index (χ2n) is 9.19. The van der Waals surface area contributed by atoms with Crippen molar-refractivity contribution in [2.24, 2.45) is 0 Å². The molecule has 1 atom stereocenters. The number of aromatic carboxylic acids is 1. The second-order valence-corrected chi connectivity index (χ2v) is 10.2. The van der Waals surface area contributed by atoms with Gasteiger partial charge >= 0.3 is 12.1 Å². The number of nitrogens with zero attached hydrogens (tertiary/aromatic N) is 3. The Kier molecular flexibility index (Phi) is 6.77. The molecule has 3 heterocycles. The summed E-state index contributed by atoms with van der Waals surface area (Å²) in [6, 6.07) is 8.33. The van der Waals surface area contributed by atoms with Gasteiger partial charge in [-0.2, -0.15) is 13.2 Å². The highest BCUT2D eigenvalue weighted by Crippen LogP contribution is 2.46. The van der Waals surface area contributed by atoms with E-state index in [0.717, 1.165) is 23.9 Å². The number of methoxy groups -OCH3 is 1. The van der Waals surface area contributed by atoms with Crippen molar-refractivity contribution in [2.75, 3.05) is 12.4 Å². The number of pyridine rings is 2. The molecule has 12 heteroatoms. The highest BCUT2D eigenvalue weighted by molar-refractivity contribution is 7.15. The quantitative estimate of drug-likeness (QED) is 0.267. The van der Waals surface area contributed by atoms with E-state index in [2.05, 4.69) is 20.3 Å². The molecule has 0 amide bonds. The van der Waals surface area contributed by atoms with E-state index >= 15 is 0 Å². The predicted molar refractivity (Wildman–Crippen MR) is 138 cm³/mol. The van der Waals surface area contributed by atoms with E-state index in [-0.39, 0.29) is 17.1 Å². The Morgan fingerprint density at radius 2 is 1.95 bits per heavy atom. The van der Waals surface area contributed by atoms with Gasteiger partial charge in [-0.1, -0.05) is 6.07 Å². The fraction of sp³-hybridized carbons (Fsp3) is 0.259. The van der Waals surface area contributed by atoms with Crippen LogP contribution in [0.5, 0.6) is 5.75 Å². The fourth-order valence-corrected chi connectivity index (χ4v) is 5.80. The molecule has 1 aliphatic carbocycles. The number of hydrogen-bond acceptors (Lipinski definition) is 8. The molecule has 1 aromatic carbocycles. The van der Waals surface area contributed by atoms with Crippen LogP contribution in [0.1, 0.15) is 50.5 Å². The minimum absolute atomic E-state index is 0.00155. The van der Waals surface area contributed by atoms with Gasteiger partial charge in [0.15, 0.2) is 0 Å². The molecule has 0 fully saturated rings. The Labute approximate surface area is 225 Å². The Balaban J connectivity index is 1.49. The molecule has 0 saturated heterocycles. The number of carboxylic acids is 1. The number of halogens is 3. The van der Waals surface area contributed by atoms with E-state index in [1.165, 1.54) is 24.5 Å². The lowest BCUT2D eigenvalue weighted by molar-refractivity contribution is -0.137. The molecule has 0 radical (unpaired) electrons. The van der Waals surface area contributed by atoms with Crippen molar-refractivity contribution in [3.05, 3.63) is 81.6 Å². The van der Waals surface area contributed by atoms with E-state index in [1.807, 2.05) is 13.0 Å². The number of alkyl halides is 3. The van der Waals surface area contributed by atoms with Crippen molar-refractivity contribution in [1.29, 1.82) is 0 Å². The zero-order valence-electron chi connectivity index (χ0n) is 20.8. The molecule has 8 nitrogen and oxygen atoms in total. The largest absolute Gasteiger partial charge is 0.496 e. The molecule has 4 aromatic rings. The van der Waals surface area contributed by atoms with E-state index in [9.17, 15) is 28.2 Å². The lowest BCUT2D eigenvalue weighted by Gasteiger charge is -2.34. The topological polar surface area (TPSA) is 117 Å². The molecule has 3 aromatic heterocycles. The van der Waals surface area contributed by atoms with Crippen LogP contribution in [0.3, 0.4) is 0 Å². The average molecular weight is 557 g/mol. The number of nitrogens with one attached hydrogen (secondary N) is 1. The molecule has 5 rings (SSSR count). The maximum absolute atomic E-state index is 13.1. The number of fused-ring (bicyclic) bond motifs is 1. The van der Waals surface area contributed by atoms with Crippen molar-refractivity contribution in [2.45, 2.75) is 38.0 Å². The van der Waals surface area contributed by atoms with Gasteiger partial charge in [-0.05, 0) is 67.6 Å². The van der Waals surface area contributed by atoms with Gasteiger partial charge in [-0.15, -0.1) is 11.3 Å². The van der Waals surface area contributed by atoms with E-state index in [1.54, 1.807) is 18.3 Å². The molecule has 1 aliphatic rings. The Hall–Kier alpha value is -4.03. The zero-order chi connectivity index (χ0) is 27.9. The number of anilines is 2. The van der Waals surface area contributed by atoms with Gasteiger partial charge in [0.1, 0.15) is 33.6 Å². The van der Waals surface area contributed by atoms with Crippen molar-refractivity contribution >= 4 is 28.9 Å². The molecule has 0 spiro atoms. The van der Waals surface area contributed by atoms with Crippen LogP contribution in [0.4, 0.5) is 24.8 Å². The molecule has 0 saturated carbocycles. The molecule has 0 aliphatic heterocycles. The van der Waals surface area contributed by atoms with Crippen molar-refractivity contribution in [3.8, 4) is 16.3 Å². The van der Waals surface area contributed by atoms with Gasteiger partial charge < -0.3 is 20.3 Å². The SMILES string of the molecule is COc1c(C(=O)O)ccc2c1CCC[C@@]2(O)c1ncc(-c2cc(C)cc(Nc3cc(C(F)(F)F)ccn3)n2)s1. The van der Waals surface area contributed by atoms with Crippen LogP contribution in [0.15, 0.2) is 48.8 Å². The van der Waals surface area contributed by atoms with E-state index in [4.69, 9.17) is 4.74 Å². The highest BCUT2D eigenvalue weighted by atomic mass is 32.1. The highest BCUT2D eigenvalue weighted by Gasteiger charge is 2.41. The lowest BCUT2D eigenvalue weighted by atomic mass is 9.78. The lowest BCUT2D eigenvalue weighted by Crippen LogP contribution is -2.32. The predicted octanol–water partition coefficient (Wildman–Crippen LogP) is 5.95. The molecule has 39 heavy (non-hydrogen) atoms. The first-order valence-corrected chi connectivity index (χ1v) is 12.7. The van der Waals surface area contributed by atoms with Gasteiger partial charge in [-0.25, -0.2) is 19.7 Å². The summed E-state index contributed by atoms with van der Waals surface area (Å²) in [5.41, 5.74) is 0.257. The minimum Gasteiger partial charge on any atom is -0.496 e. The maximum atomic E-state index is 13.1. The number of hydrogen-bond donors (Lipinski definition) is 3. The summed E-state index contributed by atoms with van der Waals surface area (Å²) in [6.07, 6.45) is -0.299. The number of rotatable bonds is 6. The number of carbonyl (C=O) groups is 1. The van der Waals surface area contributed by atoms with Crippen LogP contribution in [0.25, 0.3) is 10.6 Å². The summed E-state index contributed by atoms with van der Waals surface area (Å²) < 4.78 is 44.7. The summed E-state index contributed by atoms with van der Waals surface area (Å²) in [7, 11) is 1.40. The first-order valence-electron chi connectivity index (χ1n) is 11.9. The van der Waals surface area contributed by atoms with Crippen LogP contribution in [0.2, 0.25) is 0 Å². The normalized spacial score (nSPS) is 17.0. The standard InChI is InChI=1S/C27H23F3N4O4S/c1-14-10-19(33-22(11-14)34-21-12-15(7-9-31-21)27(28,29)30)20-13-32-25(39-20)26(37)8-3-4-16-18(26)6-5-17(24(35)36)23(16)38-2/h5-7,9-13,37H,3-4,8H2,1-2H3,(H,35,36)(H,31,33,34)/t26-/m0/s1. The van der Waals surface area contributed by atoms with Gasteiger partial charge in [0.2, 0.25) is 0 Å². The number of aliphatic hydroxyl groups is 1. The van der Waals surface area contributed by atoms with Gasteiger partial charge in [0.05, 0.1) is 23.2 Å². The third-order valence-electron chi connectivity index (χ3n) is 6.53. The fourth-order valence-electron chi connectivity index (χ4n) is 4.79. The van der Waals surface area contributed by atoms with Gasteiger partial charge in [0.25, 0.3) is 0 Å². The number of thiazole rings is 1. The number of ether oxygens (including phenoxy) is 1. The van der Waals surface area contributed by atoms with Crippen LogP contribution < -0.4 is 10.1 Å². The number of aryl methyl sites for hydroxylation is 1. The number of carboxylic acid groups (broad SMARTS) is 1. The van der Waals surface area contributed by atoms with Crippen LogP contribution in [-0.4, -0.2) is 38.2 Å². The van der Waals surface area contributed by atoms with Gasteiger partial charge in [0, 0.05) is 18.0 Å². The first kappa shape index (κ1) is 26.6. The van der Waals surface area contributed by atoms with Crippen LogP contribution in [-0.2, 0) is 18.2 Å². The average Bonchev–Trinajstić information content (AvgIpc) is 3.39. The number of aromatic nitrogens is 3. The Bertz CT molecular complexity index is 1570. The van der Waals surface area contributed by atoms with Crippen molar-refractivity contribution in [1.82, 2.24) is 15.0 Å². The molecule has 0 unspecified atom stereocenters. The summed E-state index contributed by atoms with van der Waals surface area (Å²) in [6.45, 7) is 1.83.